The first-order valence-corrected chi connectivity index (χ1v) is 7.28. The number of carbonyl (C=O) groups excluding carboxylic acids is 1. The standard InChI is InChI=1S/C15H14N2O3S/c1-11-13(8-5-9-14(11)17(19)20)16-15(18)10-21-12-6-3-2-4-7-12/h2-9H,10H2,1H3,(H,16,18). The van der Waals surface area contributed by atoms with Crippen molar-refractivity contribution in [2.75, 3.05) is 11.1 Å². The topological polar surface area (TPSA) is 72.2 Å². The summed E-state index contributed by atoms with van der Waals surface area (Å²) in [5.74, 6) is 0.0686. The highest BCUT2D eigenvalue weighted by Gasteiger charge is 2.14. The first-order valence-electron chi connectivity index (χ1n) is 6.29. The Morgan fingerprint density at radius 2 is 1.90 bits per heavy atom. The molecule has 0 saturated carbocycles. The summed E-state index contributed by atoms with van der Waals surface area (Å²) in [6.07, 6.45) is 0. The molecule has 0 radical (unpaired) electrons. The van der Waals surface area contributed by atoms with Gasteiger partial charge in [0.1, 0.15) is 0 Å². The minimum absolute atomic E-state index is 0.00325. The number of hydrogen-bond donors (Lipinski definition) is 1. The Bertz CT molecular complexity index is 659. The fourth-order valence-corrected chi connectivity index (χ4v) is 2.53. The Balaban J connectivity index is 2.00. The molecule has 6 heteroatoms. The molecule has 5 nitrogen and oxygen atoms in total. The number of nitrogens with zero attached hydrogens (tertiary/aromatic N) is 1. The van der Waals surface area contributed by atoms with E-state index in [0.29, 0.717) is 11.3 Å². The van der Waals surface area contributed by atoms with E-state index in [1.54, 1.807) is 19.1 Å². The van der Waals surface area contributed by atoms with Crippen LogP contribution < -0.4 is 5.32 Å². The maximum atomic E-state index is 11.9. The van der Waals surface area contributed by atoms with Crippen molar-refractivity contribution < 1.29 is 9.72 Å². The van der Waals surface area contributed by atoms with Crippen molar-refractivity contribution >= 4 is 29.0 Å². The molecular weight excluding hydrogens is 288 g/mol. The molecule has 1 amide bonds. The second-order valence-electron chi connectivity index (χ2n) is 4.36. The summed E-state index contributed by atoms with van der Waals surface area (Å²) in [5, 5.41) is 13.6. The Labute approximate surface area is 126 Å². The zero-order chi connectivity index (χ0) is 15.2. The van der Waals surface area contributed by atoms with Crippen LogP contribution in [0.4, 0.5) is 11.4 Å². The maximum absolute atomic E-state index is 11.9. The summed E-state index contributed by atoms with van der Waals surface area (Å²) < 4.78 is 0. The fraction of sp³-hybridized carbons (Fsp3) is 0.133. The molecule has 0 heterocycles. The molecule has 0 aliphatic rings. The van der Waals surface area contributed by atoms with E-state index in [1.807, 2.05) is 30.3 Å². The van der Waals surface area contributed by atoms with Crippen LogP contribution in [0, 0.1) is 17.0 Å². The second kappa shape index (κ2) is 6.90. The molecule has 0 saturated heterocycles. The van der Waals surface area contributed by atoms with Gasteiger partial charge in [0.05, 0.1) is 21.9 Å². The molecule has 2 aromatic carbocycles. The van der Waals surface area contributed by atoms with Crippen LogP contribution in [-0.4, -0.2) is 16.6 Å². The summed E-state index contributed by atoms with van der Waals surface area (Å²) in [4.78, 5) is 23.3. The minimum atomic E-state index is -0.455. The summed E-state index contributed by atoms with van der Waals surface area (Å²) in [6, 6.07) is 14.2. The monoisotopic (exact) mass is 302 g/mol. The normalized spacial score (nSPS) is 10.1. The van der Waals surface area contributed by atoms with E-state index in [4.69, 9.17) is 0 Å². The number of anilines is 1. The van der Waals surface area contributed by atoms with Gasteiger partial charge in [0.25, 0.3) is 5.69 Å². The second-order valence-corrected chi connectivity index (χ2v) is 5.41. The highest BCUT2D eigenvalue weighted by Crippen LogP contribution is 2.25. The van der Waals surface area contributed by atoms with Gasteiger partial charge in [0, 0.05) is 11.0 Å². The zero-order valence-electron chi connectivity index (χ0n) is 11.4. The third kappa shape index (κ3) is 4.06. The van der Waals surface area contributed by atoms with Crippen LogP contribution in [0.3, 0.4) is 0 Å². The van der Waals surface area contributed by atoms with E-state index >= 15 is 0 Å². The van der Waals surface area contributed by atoms with Gasteiger partial charge in [-0.2, -0.15) is 0 Å². The summed E-state index contributed by atoms with van der Waals surface area (Å²) in [6.45, 7) is 1.62. The van der Waals surface area contributed by atoms with E-state index in [9.17, 15) is 14.9 Å². The number of nitro groups is 1. The van der Waals surface area contributed by atoms with Gasteiger partial charge in [-0.05, 0) is 25.1 Å². The van der Waals surface area contributed by atoms with E-state index in [0.717, 1.165) is 4.90 Å². The molecular formula is C15H14N2O3S. The predicted molar refractivity (Wildman–Crippen MR) is 83.6 cm³/mol. The minimum Gasteiger partial charge on any atom is -0.325 e. The summed E-state index contributed by atoms with van der Waals surface area (Å²) in [7, 11) is 0. The first-order chi connectivity index (χ1) is 10.1. The predicted octanol–water partition coefficient (Wildman–Crippen LogP) is 3.63. The van der Waals surface area contributed by atoms with Gasteiger partial charge in [0.15, 0.2) is 0 Å². The molecule has 21 heavy (non-hydrogen) atoms. The molecule has 108 valence electrons. The van der Waals surface area contributed by atoms with E-state index < -0.39 is 4.92 Å². The fourth-order valence-electron chi connectivity index (χ4n) is 1.81. The number of hydrogen-bond acceptors (Lipinski definition) is 4. The lowest BCUT2D eigenvalue weighted by Gasteiger charge is -2.08. The van der Waals surface area contributed by atoms with Crippen LogP contribution in [0.15, 0.2) is 53.4 Å². The van der Waals surface area contributed by atoms with Crippen LogP contribution in [-0.2, 0) is 4.79 Å². The number of nitro benzene ring substituents is 1. The number of nitrogens with one attached hydrogen (secondary N) is 1. The Morgan fingerprint density at radius 1 is 1.19 bits per heavy atom. The number of benzene rings is 2. The lowest BCUT2D eigenvalue weighted by molar-refractivity contribution is -0.385. The van der Waals surface area contributed by atoms with Gasteiger partial charge in [-0.3, -0.25) is 14.9 Å². The maximum Gasteiger partial charge on any atom is 0.274 e. The Kier molecular flexibility index (Phi) is 4.94. The molecule has 0 atom stereocenters. The van der Waals surface area contributed by atoms with Crippen molar-refractivity contribution in [2.24, 2.45) is 0 Å². The molecule has 2 aromatic rings. The molecule has 0 unspecified atom stereocenters. The Hall–Kier alpha value is -2.34. The molecule has 0 aliphatic carbocycles. The van der Waals surface area contributed by atoms with Gasteiger partial charge in [-0.15, -0.1) is 11.8 Å². The molecule has 0 aliphatic heterocycles. The molecule has 0 bridgehead atoms. The van der Waals surface area contributed by atoms with Gasteiger partial charge < -0.3 is 5.32 Å². The highest BCUT2D eigenvalue weighted by molar-refractivity contribution is 8.00. The lowest BCUT2D eigenvalue weighted by Crippen LogP contribution is -2.15. The van der Waals surface area contributed by atoms with Crippen molar-refractivity contribution in [1.29, 1.82) is 0 Å². The third-order valence-corrected chi connectivity index (χ3v) is 3.90. The van der Waals surface area contributed by atoms with E-state index in [1.165, 1.54) is 17.8 Å². The zero-order valence-corrected chi connectivity index (χ0v) is 12.2. The first kappa shape index (κ1) is 15.1. The average molecular weight is 302 g/mol. The molecule has 0 fully saturated rings. The van der Waals surface area contributed by atoms with Crippen LogP contribution in [0.5, 0.6) is 0 Å². The lowest BCUT2D eigenvalue weighted by atomic mass is 10.1. The smallest absolute Gasteiger partial charge is 0.274 e. The van der Waals surface area contributed by atoms with E-state index in [2.05, 4.69) is 5.32 Å². The van der Waals surface area contributed by atoms with Crippen molar-refractivity contribution in [3.05, 3.63) is 64.2 Å². The molecule has 0 spiro atoms. The van der Waals surface area contributed by atoms with Crippen molar-refractivity contribution in [3.8, 4) is 0 Å². The van der Waals surface area contributed by atoms with Gasteiger partial charge in [0.2, 0.25) is 5.91 Å². The molecule has 1 N–H and O–H groups in total. The largest absolute Gasteiger partial charge is 0.325 e. The van der Waals surface area contributed by atoms with Gasteiger partial charge in [-0.25, -0.2) is 0 Å². The number of thioether (sulfide) groups is 1. The van der Waals surface area contributed by atoms with Crippen LogP contribution >= 0.6 is 11.8 Å². The number of rotatable bonds is 5. The molecule has 0 aromatic heterocycles. The summed E-state index contributed by atoms with van der Waals surface area (Å²) >= 11 is 1.42. The third-order valence-electron chi connectivity index (χ3n) is 2.89. The highest BCUT2D eigenvalue weighted by atomic mass is 32.2. The van der Waals surface area contributed by atoms with Crippen LogP contribution in [0.2, 0.25) is 0 Å². The van der Waals surface area contributed by atoms with Crippen molar-refractivity contribution in [2.45, 2.75) is 11.8 Å². The van der Waals surface area contributed by atoms with Crippen LogP contribution in [0.25, 0.3) is 0 Å². The number of carbonyl (C=O) groups is 1. The molecule has 2 rings (SSSR count). The van der Waals surface area contributed by atoms with Gasteiger partial charge in [-0.1, -0.05) is 24.3 Å². The van der Waals surface area contributed by atoms with E-state index in [-0.39, 0.29) is 17.3 Å². The van der Waals surface area contributed by atoms with Gasteiger partial charge >= 0.3 is 0 Å². The van der Waals surface area contributed by atoms with Crippen molar-refractivity contribution in [1.82, 2.24) is 0 Å². The Morgan fingerprint density at radius 3 is 2.57 bits per heavy atom. The quantitative estimate of drug-likeness (QED) is 0.520. The van der Waals surface area contributed by atoms with Crippen LogP contribution in [0.1, 0.15) is 5.56 Å². The number of amides is 1. The van der Waals surface area contributed by atoms with Crippen molar-refractivity contribution in [3.63, 3.8) is 0 Å². The average Bonchev–Trinajstić information content (AvgIpc) is 2.48. The SMILES string of the molecule is Cc1c(NC(=O)CSc2ccccc2)cccc1[N+](=O)[O-]. The summed E-state index contributed by atoms with van der Waals surface area (Å²) in [5.41, 5.74) is 0.937.